The van der Waals surface area contributed by atoms with Crippen LogP contribution in [0.25, 0.3) is 0 Å². The van der Waals surface area contributed by atoms with Crippen molar-refractivity contribution in [3.63, 3.8) is 0 Å². The molecule has 0 amide bonds. The van der Waals surface area contributed by atoms with Gasteiger partial charge in [-0.3, -0.25) is 4.90 Å². The van der Waals surface area contributed by atoms with Crippen LogP contribution < -0.4 is 5.73 Å². The second-order valence-electron chi connectivity index (χ2n) is 5.02. The highest BCUT2D eigenvalue weighted by molar-refractivity contribution is 4.85. The zero-order valence-corrected chi connectivity index (χ0v) is 9.34. The molecule has 2 nitrogen and oxygen atoms in total. The lowest BCUT2D eigenvalue weighted by Crippen LogP contribution is -2.48. The molecule has 1 saturated heterocycles. The van der Waals surface area contributed by atoms with Crippen molar-refractivity contribution in [3.05, 3.63) is 0 Å². The highest BCUT2D eigenvalue weighted by atomic mass is 15.2. The van der Waals surface area contributed by atoms with Gasteiger partial charge in [-0.25, -0.2) is 0 Å². The number of likely N-dealkylation sites (tertiary alicyclic amines) is 1. The lowest BCUT2D eigenvalue weighted by atomic mass is 9.90. The molecule has 1 rings (SSSR count). The molecule has 0 spiro atoms. The van der Waals surface area contributed by atoms with Crippen LogP contribution >= 0.6 is 0 Å². The molecule has 1 unspecified atom stereocenters. The Labute approximate surface area is 82.5 Å². The van der Waals surface area contributed by atoms with Crippen LogP contribution in [0.2, 0.25) is 0 Å². The summed E-state index contributed by atoms with van der Waals surface area (Å²) < 4.78 is 0. The van der Waals surface area contributed by atoms with Gasteiger partial charge in [-0.15, -0.1) is 0 Å². The van der Waals surface area contributed by atoms with E-state index in [0.29, 0.717) is 11.6 Å². The van der Waals surface area contributed by atoms with Gasteiger partial charge in [0.15, 0.2) is 0 Å². The molecule has 0 aliphatic carbocycles. The van der Waals surface area contributed by atoms with E-state index < -0.39 is 0 Å². The quantitative estimate of drug-likeness (QED) is 0.727. The third-order valence-electron chi connectivity index (χ3n) is 3.18. The molecule has 1 fully saturated rings. The van der Waals surface area contributed by atoms with Gasteiger partial charge >= 0.3 is 0 Å². The molecule has 0 aromatic carbocycles. The number of nitrogens with zero attached hydrogens (tertiary/aromatic N) is 1. The molecule has 0 aromatic heterocycles. The Kier molecular flexibility index (Phi) is 3.74. The molecule has 1 aliphatic heterocycles. The molecule has 13 heavy (non-hydrogen) atoms. The number of rotatable bonds is 3. The van der Waals surface area contributed by atoms with Crippen molar-refractivity contribution in [3.8, 4) is 0 Å². The first-order chi connectivity index (χ1) is 6.02. The summed E-state index contributed by atoms with van der Waals surface area (Å²) in [6, 6.07) is 0.345. The average molecular weight is 184 g/mol. The maximum Gasteiger partial charge on any atom is 0.0153 e. The van der Waals surface area contributed by atoms with Crippen LogP contribution in [0.3, 0.4) is 0 Å². The zero-order chi connectivity index (χ0) is 9.90. The summed E-state index contributed by atoms with van der Waals surface area (Å²) in [7, 11) is 0. The van der Waals surface area contributed by atoms with Crippen molar-refractivity contribution >= 4 is 0 Å². The summed E-state index contributed by atoms with van der Waals surface area (Å²) >= 11 is 0. The van der Waals surface area contributed by atoms with Crippen LogP contribution in [0.4, 0.5) is 0 Å². The van der Waals surface area contributed by atoms with Crippen LogP contribution in [0, 0.1) is 0 Å². The molecule has 2 N–H and O–H groups in total. The first-order valence-corrected chi connectivity index (χ1v) is 5.53. The molecule has 0 saturated carbocycles. The van der Waals surface area contributed by atoms with Crippen LogP contribution in [-0.2, 0) is 0 Å². The van der Waals surface area contributed by atoms with Gasteiger partial charge in [0, 0.05) is 18.1 Å². The van der Waals surface area contributed by atoms with Gasteiger partial charge in [-0.1, -0.05) is 6.42 Å². The first-order valence-electron chi connectivity index (χ1n) is 5.53. The smallest absolute Gasteiger partial charge is 0.0153 e. The lowest BCUT2D eigenvalue weighted by Gasteiger charge is -2.42. The van der Waals surface area contributed by atoms with Crippen molar-refractivity contribution in [1.82, 2.24) is 4.90 Å². The Balaban J connectivity index is 2.37. The van der Waals surface area contributed by atoms with E-state index in [1.54, 1.807) is 0 Å². The maximum atomic E-state index is 5.77. The van der Waals surface area contributed by atoms with Gasteiger partial charge in [0.25, 0.3) is 0 Å². The number of hydrogen-bond donors (Lipinski definition) is 1. The fraction of sp³-hybridized carbons (Fsp3) is 1.00. The van der Waals surface area contributed by atoms with Crippen molar-refractivity contribution < 1.29 is 0 Å². The van der Waals surface area contributed by atoms with E-state index in [2.05, 4.69) is 25.7 Å². The van der Waals surface area contributed by atoms with Crippen LogP contribution in [0.1, 0.15) is 46.5 Å². The molecule has 0 aromatic rings. The van der Waals surface area contributed by atoms with E-state index >= 15 is 0 Å². The molecule has 0 radical (unpaired) electrons. The second kappa shape index (κ2) is 4.43. The summed E-state index contributed by atoms with van der Waals surface area (Å²) in [6.45, 7) is 9.24. The van der Waals surface area contributed by atoms with Crippen LogP contribution in [0.15, 0.2) is 0 Å². The molecular weight excluding hydrogens is 160 g/mol. The predicted octanol–water partition coefficient (Wildman–Crippen LogP) is 1.99. The van der Waals surface area contributed by atoms with Gasteiger partial charge in [0.05, 0.1) is 0 Å². The monoisotopic (exact) mass is 184 g/mol. The van der Waals surface area contributed by atoms with Crippen molar-refractivity contribution in [2.24, 2.45) is 5.73 Å². The fourth-order valence-electron chi connectivity index (χ4n) is 2.09. The van der Waals surface area contributed by atoms with E-state index in [-0.39, 0.29) is 0 Å². The molecule has 1 atom stereocenters. The lowest BCUT2D eigenvalue weighted by molar-refractivity contribution is 0.0744. The Morgan fingerprint density at radius 2 is 2.08 bits per heavy atom. The van der Waals surface area contributed by atoms with E-state index in [1.165, 1.54) is 32.4 Å². The summed E-state index contributed by atoms with van der Waals surface area (Å²) in [6.07, 6.45) is 5.22. The van der Waals surface area contributed by atoms with Gasteiger partial charge in [0.2, 0.25) is 0 Å². The van der Waals surface area contributed by atoms with Crippen LogP contribution in [0.5, 0.6) is 0 Å². The highest BCUT2D eigenvalue weighted by Crippen LogP contribution is 2.27. The second-order valence-corrected chi connectivity index (χ2v) is 5.02. The normalized spacial score (nSPS) is 25.8. The Bertz CT molecular complexity index is 152. The van der Waals surface area contributed by atoms with E-state index in [1.807, 2.05) is 0 Å². The zero-order valence-electron chi connectivity index (χ0n) is 9.34. The molecule has 2 heteroatoms. The molecule has 0 bridgehead atoms. The Morgan fingerprint density at radius 1 is 1.38 bits per heavy atom. The third kappa shape index (κ3) is 3.28. The summed E-state index contributed by atoms with van der Waals surface area (Å²) in [5.74, 6) is 0. The van der Waals surface area contributed by atoms with Crippen molar-refractivity contribution in [2.75, 3.05) is 13.1 Å². The van der Waals surface area contributed by atoms with Crippen molar-refractivity contribution in [2.45, 2.75) is 58.0 Å². The highest BCUT2D eigenvalue weighted by Gasteiger charge is 2.28. The fourth-order valence-corrected chi connectivity index (χ4v) is 2.09. The van der Waals surface area contributed by atoms with E-state index in [4.69, 9.17) is 5.73 Å². The first kappa shape index (κ1) is 11.0. The van der Waals surface area contributed by atoms with Crippen LogP contribution in [-0.4, -0.2) is 29.6 Å². The minimum Gasteiger partial charge on any atom is -0.328 e. The van der Waals surface area contributed by atoms with E-state index in [0.717, 1.165) is 6.42 Å². The predicted molar refractivity (Wildman–Crippen MR) is 57.8 cm³/mol. The molecule has 1 aliphatic rings. The van der Waals surface area contributed by atoms with Crippen molar-refractivity contribution in [1.29, 1.82) is 0 Å². The average Bonchev–Trinajstić information content (AvgIpc) is 2.01. The molecular formula is C11H24N2. The van der Waals surface area contributed by atoms with E-state index in [9.17, 15) is 0 Å². The van der Waals surface area contributed by atoms with Gasteiger partial charge in [0.1, 0.15) is 0 Å². The van der Waals surface area contributed by atoms with Gasteiger partial charge < -0.3 is 5.73 Å². The van der Waals surface area contributed by atoms with Gasteiger partial charge in [-0.2, -0.15) is 0 Å². The maximum absolute atomic E-state index is 5.77. The largest absolute Gasteiger partial charge is 0.328 e. The SMILES string of the molecule is CC(N)CCN1CCCCC1(C)C. The molecule has 78 valence electrons. The molecule has 1 heterocycles. The Morgan fingerprint density at radius 3 is 2.62 bits per heavy atom. The third-order valence-corrected chi connectivity index (χ3v) is 3.18. The van der Waals surface area contributed by atoms with Gasteiger partial charge in [-0.05, 0) is 46.6 Å². The number of piperidine rings is 1. The number of hydrogen-bond acceptors (Lipinski definition) is 2. The summed E-state index contributed by atoms with van der Waals surface area (Å²) in [5.41, 5.74) is 6.18. The Hall–Kier alpha value is -0.0800. The topological polar surface area (TPSA) is 29.3 Å². The number of nitrogens with two attached hydrogens (primary N) is 1. The summed E-state index contributed by atoms with van der Waals surface area (Å²) in [4.78, 5) is 2.60. The standard InChI is InChI=1S/C11H24N2/c1-10(12)6-9-13-8-5-4-7-11(13,2)3/h10H,4-9,12H2,1-3H3. The minimum atomic E-state index is 0.345. The minimum absolute atomic E-state index is 0.345. The summed E-state index contributed by atoms with van der Waals surface area (Å²) in [5, 5.41) is 0.